The van der Waals surface area contributed by atoms with E-state index in [1.54, 1.807) is 12.1 Å². The van der Waals surface area contributed by atoms with Crippen LogP contribution in [0.4, 0.5) is 5.69 Å². The van der Waals surface area contributed by atoms with Crippen molar-refractivity contribution in [1.82, 2.24) is 0 Å². The first-order valence-corrected chi connectivity index (χ1v) is 7.14. The van der Waals surface area contributed by atoms with Crippen molar-refractivity contribution in [3.8, 4) is 6.07 Å². The van der Waals surface area contributed by atoms with Crippen LogP contribution in [0.5, 0.6) is 0 Å². The van der Waals surface area contributed by atoms with Crippen LogP contribution in [0.3, 0.4) is 0 Å². The molecule has 0 bridgehead atoms. The predicted octanol–water partition coefficient (Wildman–Crippen LogP) is 3.81. The van der Waals surface area contributed by atoms with E-state index >= 15 is 0 Å². The molecule has 0 heterocycles. The third kappa shape index (κ3) is 5.88. The molecule has 5 heteroatoms. The summed E-state index contributed by atoms with van der Waals surface area (Å²) in [6.07, 6.45) is 3.04. The molecule has 0 aromatic heterocycles. The molecular formula is C16H19ClN2O2. The van der Waals surface area contributed by atoms with Gasteiger partial charge in [-0.15, -0.1) is 0 Å². The van der Waals surface area contributed by atoms with E-state index < -0.39 is 5.97 Å². The largest absolute Gasteiger partial charge is 0.478 e. The minimum absolute atomic E-state index is 0.414. The van der Waals surface area contributed by atoms with Crippen LogP contribution in [-0.4, -0.2) is 24.2 Å². The summed E-state index contributed by atoms with van der Waals surface area (Å²) in [7, 11) is 0. The zero-order valence-electron chi connectivity index (χ0n) is 12.2. The van der Waals surface area contributed by atoms with Gasteiger partial charge in [0.25, 0.3) is 0 Å². The minimum Gasteiger partial charge on any atom is -0.478 e. The summed E-state index contributed by atoms with van der Waals surface area (Å²) < 4.78 is 0. The van der Waals surface area contributed by atoms with Crippen LogP contribution >= 0.6 is 11.6 Å². The second-order valence-corrected chi connectivity index (χ2v) is 5.56. The smallest absolute Gasteiger partial charge is 0.328 e. The van der Waals surface area contributed by atoms with Crippen LogP contribution in [0.15, 0.2) is 24.3 Å². The Labute approximate surface area is 130 Å². The van der Waals surface area contributed by atoms with E-state index in [0.717, 1.165) is 23.9 Å². The van der Waals surface area contributed by atoms with Crippen LogP contribution in [0.25, 0.3) is 6.08 Å². The quantitative estimate of drug-likeness (QED) is 0.778. The van der Waals surface area contributed by atoms with Gasteiger partial charge in [0, 0.05) is 29.9 Å². The normalized spacial score (nSPS) is 10.8. The number of nitriles is 1. The highest BCUT2D eigenvalue weighted by Crippen LogP contribution is 2.26. The number of aliphatic carboxylic acids is 1. The fraction of sp³-hybridized carbons (Fsp3) is 0.375. The summed E-state index contributed by atoms with van der Waals surface area (Å²) in [5, 5.41) is 18.1. The molecule has 0 aliphatic heterocycles. The van der Waals surface area contributed by atoms with Gasteiger partial charge >= 0.3 is 5.97 Å². The summed E-state index contributed by atoms with van der Waals surface area (Å²) in [6, 6.07) is 7.51. The zero-order chi connectivity index (χ0) is 15.8. The maximum Gasteiger partial charge on any atom is 0.328 e. The van der Waals surface area contributed by atoms with E-state index in [1.807, 2.05) is 6.07 Å². The van der Waals surface area contributed by atoms with Gasteiger partial charge in [-0.1, -0.05) is 25.4 Å². The van der Waals surface area contributed by atoms with Gasteiger partial charge in [0.05, 0.1) is 12.5 Å². The number of nitrogens with zero attached hydrogens (tertiary/aromatic N) is 2. The third-order valence-corrected chi connectivity index (χ3v) is 3.05. The Morgan fingerprint density at radius 1 is 1.52 bits per heavy atom. The van der Waals surface area contributed by atoms with Crippen molar-refractivity contribution in [3.63, 3.8) is 0 Å². The molecule has 1 rings (SSSR count). The topological polar surface area (TPSA) is 64.3 Å². The molecule has 0 aliphatic carbocycles. The van der Waals surface area contributed by atoms with Crippen molar-refractivity contribution >= 4 is 29.3 Å². The highest BCUT2D eigenvalue weighted by molar-refractivity contribution is 6.30. The first-order valence-electron chi connectivity index (χ1n) is 6.76. The van der Waals surface area contributed by atoms with Crippen molar-refractivity contribution in [2.45, 2.75) is 20.3 Å². The molecule has 0 amide bonds. The lowest BCUT2D eigenvalue weighted by Gasteiger charge is -2.27. The van der Waals surface area contributed by atoms with Gasteiger partial charge in [-0.05, 0) is 35.8 Å². The van der Waals surface area contributed by atoms with Crippen molar-refractivity contribution in [1.29, 1.82) is 5.26 Å². The summed E-state index contributed by atoms with van der Waals surface area (Å²) in [5.41, 5.74) is 1.63. The van der Waals surface area contributed by atoms with Crippen LogP contribution in [0.1, 0.15) is 25.8 Å². The van der Waals surface area contributed by atoms with Gasteiger partial charge in [0.2, 0.25) is 0 Å². The molecule has 0 unspecified atom stereocenters. The van der Waals surface area contributed by atoms with Gasteiger partial charge in [-0.2, -0.15) is 5.26 Å². The first kappa shape index (κ1) is 17.1. The number of carbonyl (C=O) groups is 1. The van der Waals surface area contributed by atoms with E-state index in [4.69, 9.17) is 22.0 Å². The lowest BCUT2D eigenvalue weighted by atomic mass is 10.1. The molecule has 0 aliphatic rings. The Balaban J connectivity index is 3.16. The fourth-order valence-corrected chi connectivity index (χ4v) is 2.22. The fourth-order valence-electron chi connectivity index (χ4n) is 2.04. The number of rotatable bonds is 7. The second-order valence-electron chi connectivity index (χ2n) is 5.12. The number of benzene rings is 1. The SMILES string of the molecule is CC(C)CN(CCC#N)c1ccc(Cl)cc1/C=C/C(=O)O. The van der Waals surface area contributed by atoms with Crippen molar-refractivity contribution < 1.29 is 9.90 Å². The van der Waals surface area contributed by atoms with Crippen LogP contribution in [-0.2, 0) is 4.79 Å². The summed E-state index contributed by atoms with van der Waals surface area (Å²) in [4.78, 5) is 12.8. The van der Waals surface area contributed by atoms with Crippen LogP contribution < -0.4 is 4.90 Å². The molecule has 0 spiro atoms. The first-order chi connectivity index (χ1) is 9.93. The highest BCUT2D eigenvalue weighted by Gasteiger charge is 2.12. The molecule has 112 valence electrons. The maximum absolute atomic E-state index is 10.7. The Kier molecular flexibility index (Phi) is 6.77. The van der Waals surface area contributed by atoms with E-state index in [0.29, 0.717) is 23.9 Å². The Morgan fingerprint density at radius 3 is 2.81 bits per heavy atom. The number of hydrogen-bond donors (Lipinski definition) is 1. The number of halogens is 1. The number of anilines is 1. The molecule has 4 nitrogen and oxygen atoms in total. The second kappa shape index (κ2) is 8.33. The molecule has 1 aromatic carbocycles. The lowest BCUT2D eigenvalue weighted by molar-refractivity contribution is -0.131. The molecule has 1 aromatic rings. The molecule has 0 saturated heterocycles. The van der Waals surface area contributed by atoms with Crippen LogP contribution in [0.2, 0.25) is 5.02 Å². The highest BCUT2D eigenvalue weighted by atomic mass is 35.5. The molecule has 1 N–H and O–H groups in total. The lowest BCUT2D eigenvalue weighted by Crippen LogP contribution is -2.29. The van der Waals surface area contributed by atoms with Crippen molar-refractivity contribution in [2.75, 3.05) is 18.0 Å². The summed E-state index contributed by atoms with van der Waals surface area (Å²) in [6.45, 7) is 5.59. The number of carboxylic acid groups (broad SMARTS) is 1. The van der Waals surface area contributed by atoms with E-state index in [-0.39, 0.29) is 0 Å². The Bertz CT molecular complexity index is 562. The van der Waals surface area contributed by atoms with Gasteiger partial charge in [0.15, 0.2) is 0 Å². The average Bonchev–Trinajstić information content (AvgIpc) is 2.41. The monoisotopic (exact) mass is 306 g/mol. The van der Waals surface area contributed by atoms with E-state index in [2.05, 4.69) is 24.8 Å². The number of hydrogen-bond acceptors (Lipinski definition) is 3. The molecule has 21 heavy (non-hydrogen) atoms. The predicted molar refractivity (Wildman–Crippen MR) is 85.4 cm³/mol. The van der Waals surface area contributed by atoms with Gasteiger partial charge in [0.1, 0.15) is 0 Å². The standard InChI is InChI=1S/C16H19ClN2O2/c1-12(2)11-19(9-3-8-18)15-6-5-14(17)10-13(15)4-7-16(20)21/h4-7,10,12H,3,9,11H2,1-2H3,(H,20,21)/b7-4+. The minimum atomic E-state index is -1.01. The van der Waals surface area contributed by atoms with E-state index in [9.17, 15) is 4.79 Å². The molecule has 0 radical (unpaired) electrons. The van der Waals surface area contributed by atoms with Gasteiger partial charge < -0.3 is 10.0 Å². The van der Waals surface area contributed by atoms with Crippen molar-refractivity contribution in [2.24, 2.45) is 5.92 Å². The Hall–Kier alpha value is -1.99. The maximum atomic E-state index is 10.7. The average molecular weight is 307 g/mol. The summed E-state index contributed by atoms with van der Waals surface area (Å²) >= 11 is 5.99. The van der Waals surface area contributed by atoms with E-state index in [1.165, 1.54) is 6.08 Å². The molecule has 0 atom stereocenters. The molecule has 0 fully saturated rings. The number of carboxylic acids is 1. The zero-order valence-corrected chi connectivity index (χ0v) is 13.0. The molecular weight excluding hydrogens is 288 g/mol. The van der Waals surface area contributed by atoms with Crippen molar-refractivity contribution in [3.05, 3.63) is 34.9 Å². The third-order valence-electron chi connectivity index (χ3n) is 2.81. The summed E-state index contributed by atoms with van der Waals surface area (Å²) in [5.74, 6) is -0.580. The van der Waals surface area contributed by atoms with Gasteiger partial charge in [-0.3, -0.25) is 0 Å². The molecule has 0 saturated carbocycles. The van der Waals surface area contributed by atoms with Gasteiger partial charge in [-0.25, -0.2) is 4.79 Å². The van der Waals surface area contributed by atoms with Crippen LogP contribution in [0, 0.1) is 17.2 Å². The Morgan fingerprint density at radius 2 is 2.24 bits per heavy atom.